The van der Waals surface area contributed by atoms with Crippen LogP contribution >= 0.6 is 0 Å². The summed E-state index contributed by atoms with van der Waals surface area (Å²) in [5.74, 6) is -0.991. The molecule has 2 N–H and O–H groups in total. The highest BCUT2D eigenvalue weighted by Crippen LogP contribution is 2.17. The lowest BCUT2D eigenvalue weighted by molar-refractivity contribution is -0.137. The number of carboxylic acid groups (broad SMARTS) is 1. The van der Waals surface area contributed by atoms with Crippen molar-refractivity contribution >= 4 is 21.7 Å². The summed E-state index contributed by atoms with van der Waals surface area (Å²) in [7, 11) is -0.575. The highest BCUT2D eigenvalue weighted by molar-refractivity contribution is 7.89. The number of aliphatic carboxylic acids is 1. The molecule has 20 heavy (non-hydrogen) atoms. The third-order valence-corrected chi connectivity index (χ3v) is 4.50. The van der Waals surface area contributed by atoms with Crippen molar-refractivity contribution in [3.05, 3.63) is 36.9 Å². The van der Waals surface area contributed by atoms with Crippen molar-refractivity contribution in [2.75, 3.05) is 19.4 Å². The summed E-state index contributed by atoms with van der Waals surface area (Å²) in [6.07, 6.45) is 1.78. The lowest BCUT2D eigenvalue weighted by Crippen LogP contribution is -2.28. The van der Waals surface area contributed by atoms with Crippen LogP contribution in [0.4, 0.5) is 5.69 Å². The van der Waals surface area contributed by atoms with Crippen molar-refractivity contribution in [2.45, 2.75) is 17.4 Å². The average molecular weight is 298 g/mol. The number of hydrogen-bond acceptors (Lipinski definition) is 4. The Hall–Kier alpha value is -1.86. The van der Waals surface area contributed by atoms with Gasteiger partial charge in [-0.15, -0.1) is 6.58 Å². The molecule has 0 heterocycles. The monoisotopic (exact) mass is 298 g/mol. The van der Waals surface area contributed by atoms with Gasteiger partial charge in [-0.3, -0.25) is 0 Å². The Morgan fingerprint density at radius 3 is 2.35 bits per heavy atom. The van der Waals surface area contributed by atoms with Crippen molar-refractivity contribution in [3.8, 4) is 0 Å². The molecule has 0 aliphatic carbocycles. The molecule has 0 bridgehead atoms. The van der Waals surface area contributed by atoms with Gasteiger partial charge >= 0.3 is 5.97 Å². The number of nitrogens with zero attached hydrogens (tertiary/aromatic N) is 1. The van der Waals surface area contributed by atoms with Gasteiger partial charge in [-0.2, -0.15) is 0 Å². The molecule has 1 aromatic carbocycles. The van der Waals surface area contributed by atoms with E-state index in [0.717, 1.165) is 4.31 Å². The van der Waals surface area contributed by atoms with Gasteiger partial charge in [0.2, 0.25) is 10.0 Å². The third-order valence-electron chi connectivity index (χ3n) is 2.67. The van der Waals surface area contributed by atoms with Crippen LogP contribution in [0.25, 0.3) is 0 Å². The van der Waals surface area contributed by atoms with Crippen LogP contribution in [0.15, 0.2) is 41.8 Å². The fraction of sp³-hybridized carbons (Fsp3) is 0.308. The average Bonchev–Trinajstić information content (AvgIpc) is 2.38. The van der Waals surface area contributed by atoms with E-state index in [1.54, 1.807) is 0 Å². The number of hydrogen-bond donors (Lipinski definition) is 2. The van der Waals surface area contributed by atoms with Crippen LogP contribution < -0.4 is 5.32 Å². The van der Waals surface area contributed by atoms with Crippen LogP contribution in [-0.2, 0) is 14.8 Å². The molecule has 1 atom stereocenters. The Labute approximate surface area is 118 Å². The van der Waals surface area contributed by atoms with Gasteiger partial charge in [0.05, 0.1) is 4.90 Å². The van der Waals surface area contributed by atoms with Crippen LogP contribution in [-0.4, -0.2) is 43.9 Å². The van der Waals surface area contributed by atoms with E-state index in [0.29, 0.717) is 5.69 Å². The van der Waals surface area contributed by atoms with Crippen molar-refractivity contribution in [1.82, 2.24) is 4.31 Å². The fourth-order valence-electron chi connectivity index (χ4n) is 1.52. The minimum absolute atomic E-state index is 0.156. The minimum Gasteiger partial charge on any atom is -0.480 e. The van der Waals surface area contributed by atoms with Crippen LogP contribution in [0.5, 0.6) is 0 Å². The number of rotatable bonds is 7. The molecule has 6 nitrogen and oxygen atoms in total. The van der Waals surface area contributed by atoms with Gasteiger partial charge in [0.15, 0.2) is 0 Å². The molecule has 1 rings (SSSR count). The zero-order valence-electron chi connectivity index (χ0n) is 11.4. The van der Waals surface area contributed by atoms with E-state index in [-0.39, 0.29) is 11.3 Å². The zero-order valence-corrected chi connectivity index (χ0v) is 12.2. The molecule has 110 valence electrons. The summed E-state index contributed by atoms with van der Waals surface area (Å²) < 4.78 is 24.9. The van der Waals surface area contributed by atoms with E-state index in [9.17, 15) is 13.2 Å². The molecule has 0 fully saturated rings. The lowest BCUT2D eigenvalue weighted by atomic mass is 10.2. The molecular formula is C13H18N2O4S. The molecule has 0 aliphatic heterocycles. The van der Waals surface area contributed by atoms with Crippen molar-refractivity contribution < 1.29 is 18.3 Å². The van der Waals surface area contributed by atoms with E-state index < -0.39 is 22.0 Å². The summed E-state index contributed by atoms with van der Waals surface area (Å²) in [6.45, 7) is 3.50. The minimum atomic E-state index is -3.48. The molecule has 1 unspecified atom stereocenters. The molecule has 0 saturated carbocycles. The fourth-order valence-corrected chi connectivity index (χ4v) is 2.42. The first-order valence-corrected chi connectivity index (χ1v) is 7.36. The molecular weight excluding hydrogens is 280 g/mol. The second-order valence-corrected chi connectivity index (χ2v) is 6.52. The van der Waals surface area contributed by atoms with Gasteiger partial charge in [0.25, 0.3) is 0 Å². The highest BCUT2D eigenvalue weighted by Gasteiger charge is 2.18. The highest BCUT2D eigenvalue weighted by atomic mass is 32.2. The predicted molar refractivity (Wildman–Crippen MR) is 77.2 cm³/mol. The Kier molecular flexibility index (Phi) is 5.29. The van der Waals surface area contributed by atoms with Crippen molar-refractivity contribution in [1.29, 1.82) is 0 Å². The van der Waals surface area contributed by atoms with Crippen LogP contribution in [0.3, 0.4) is 0 Å². The van der Waals surface area contributed by atoms with Crippen LogP contribution in [0.1, 0.15) is 6.42 Å². The maximum Gasteiger partial charge on any atom is 0.326 e. The Bertz CT molecular complexity index is 579. The Balaban J connectivity index is 2.92. The van der Waals surface area contributed by atoms with E-state index in [1.807, 2.05) is 0 Å². The largest absolute Gasteiger partial charge is 0.480 e. The standard InChI is InChI=1S/C13H18N2O4S/c1-4-5-12(13(16)17)14-10-6-8-11(9-7-10)20(18,19)15(2)3/h4,6-9,12,14H,1,5H2,2-3H3,(H,16,17). The second kappa shape index (κ2) is 6.53. The molecule has 7 heteroatoms. The zero-order chi connectivity index (χ0) is 15.3. The summed E-state index contributed by atoms with van der Waals surface area (Å²) in [5.41, 5.74) is 0.539. The van der Waals surface area contributed by atoms with E-state index in [2.05, 4.69) is 11.9 Å². The van der Waals surface area contributed by atoms with Gasteiger partial charge < -0.3 is 10.4 Å². The third kappa shape index (κ3) is 3.82. The lowest BCUT2D eigenvalue weighted by Gasteiger charge is -2.15. The summed E-state index contributed by atoms with van der Waals surface area (Å²) in [4.78, 5) is 11.2. The van der Waals surface area contributed by atoms with Crippen LogP contribution in [0, 0.1) is 0 Å². The Morgan fingerprint density at radius 1 is 1.40 bits per heavy atom. The molecule has 0 amide bonds. The summed E-state index contributed by atoms with van der Waals surface area (Å²) in [5, 5.41) is 11.8. The van der Waals surface area contributed by atoms with Gasteiger partial charge in [-0.05, 0) is 30.7 Å². The van der Waals surface area contributed by atoms with Gasteiger partial charge in [-0.1, -0.05) is 6.08 Å². The topological polar surface area (TPSA) is 86.7 Å². The predicted octanol–water partition coefficient (Wildman–Crippen LogP) is 1.38. The normalized spacial score (nSPS) is 12.9. The van der Waals surface area contributed by atoms with E-state index in [1.165, 1.54) is 44.4 Å². The second-order valence-electron chi connectivity index (χ2n) is 4.37. The molecule has 1 aromatic rings. The first-order valence-electron chi connectivity index (χ1n) is 5.92. The number of benzene rings is 1. The molecule has 0 aromatic heterocycles. The van der Waals surface area contributed by atoms with Gasteiger partial charge in [-0.25, -0.2) is 17.5 Å². The SMILES string of the molecule is C=CCC(Nc1ccc(S(=O)(=O)N(C)C)cc1)C(=O)O. The smallest absolute Gasteiger partial charge is 0.326 e. The van der Waals surface area contributed by atoms with Gasteiger partial charge in [0, 0.05) is 19.8 Å². The first-order chi connectivity index (χ1) is 9.28. The Morgan fingerprint density at radius 2 is 1.95 bits per heavy atom. The van der Waals surface area contributed by atoms with Crippen molar-refractivity contribution in [3.63, 3.8) is 0 Å². The molecule has 0 aliphatic rings. The first kappa shape index (κ1) is 16.2. The van der Waals surface area contributed by atoms with Crippen molar-refractivity contribution in [2.24, 2.45) is 0 Å². The molecule has 0 saturated heterocycles. The maximum atomic E-state index is 11.9. The molecule has 0 spiro atoms. The number of anilines is 1. The number of nitrogens with one attached hydrogen (secondary N) is 1. The molecule has 0 radical (unpaired) electrons. The van der Waals surface area contributed by atoms with E-state index >= 15 is 0 Å². The maximum absolute atomic E-state index is 11.9. The number of sulfonamides is 1. The number of carboxylic acids is 1. The van der Waals surface area contributed by atoms with Crippen LogP contribution in [0.2, 0.25) is 0 Å². The quantitative estimate of drug-likeness (QED) is 0.743. The van der Waals surface area contributed by atoms with E-state index in [4.69, 9.17) is 5.11 Å². The number of carbonyl (C=O) groups is 1. The summed E-state index contributed by atoms with van der Waals surface area (Å²) >= 11 is 0. The summed E-state index contributed by atoms with van der Waals surface area (Å²) in [6, 6.07) is 5.16. The van der Waals surface area contributed by atoms with Gasteiger partial charge in [0.1, 0.15) is 6.04 Å².